The Morgan fingerprint density at radius 2 is 2.13 bits per heavy atom. The first kappa shape index (κ1) is 16.0. The van der Waals surface area contributed by atoms with Crippen LogP contribution in [-0.2, 0) is 9.47 Å². The average Bonchev–Trinajstić information content (AvgIpc) is 2.94. The highest BCUT2D eigenvalue weighted by Gasteiger charge is 2.32. The lowest BCUT2D eigenvalue weighted by Gasteiger charge is -2.29. The van der Waals surface area contributed by atoms with E-state index in [0.29, 0.717) is 44.2 Å². The molecule has 0 bridgehead atoms. The Labute approximate surface area is 135 Å². The van der Waals surface area contributed by atoms with Crippen molar-refractivity contribution in [2.45, 2.75) is 12.5 Å². The van der Waals surface area contributed by atoms with E-state index in [4.69, 9.17) is 9.47 Å². The molecule has 2 fully saturated rings. The molecule has 1 atom stereocenters. The van der Waals surface area contributed by atoms with Crippen LogP contribution in [0.2, 0.25) is 0 Å². The zero-order valence-corrected chi connectivity index (χ0v) is 13.3. The summed E-state index contributed by atoms with van der Waals surface area (Å²) in [4.78, 5) is 15.4. The average molecular weight is 323 g/mol. The standard InChI is InChI=1S/C16H22FN3O3/c1-18-5-4-13-11-20(16(21)23-13)12-2-3-15(14(17)10-12)19-6-8-22-9-7-19/h2-3,10,13,18H,4-9,11H2,1H3/t13-/m0/s1. The number of hydrogen-bond acceptors (Lipinski definition) is 5. The van der Waals surface area contributed by atoms with Gasteiger partial charge in [0, 0.05) is 13.1 Å². The first-order valence-electron chi connectivity index (χ1n) is 7.94. The highest BCUT2D eigenvalue weighted by molar-refractivity contribution is 5.90. The van der Waals surface area contributed by atoms with Gasteiger partial charge in [-0.05, 0) is 38.2 Å². The van der Waals surface area contributed by atoms with Gasteiger partial charge in [-0.3, -0.25) is 4.90 Å². The topological polar surface area (TPSA) is 54.0 Å². The molecule has 1 aromatic carbocycles. The number of amides is 1. The van der Waals surface area contributed by atoms with E-state index in [9.17, 15) is 9.18 Å². The van der Waals surface area contributed by atoms with Gasteiger partial charge in [-0.25, -0.2) is 9.18 Å². The number of nitrogens with one attached hydrogen (secondary N) is 1. The van der Waals surface area contributed by atoms with E-state index >= 15 is 0 Å². The molecule has 0 aliphatic carbocycles. The maximum Gasteiger partial charge on any atom is 0.414 e. The van der Waals surface area contributed by atoms with Gasteiger partial charge in [0.1, 0.15) is 11.9 Å². The molecule has 0 saturated carbocycles. The van der Waals surface area contributed by atoms with E-state index in [1.165, 1.54) is 11.0 Å². The Bertz CT molecular complexity index is 564. The van der Waals surface area contributed by atoms with Crippen LogP contribution >= 0.6 is 0 Å². The van der Waals surface area contributed by atoms with Crippen molar-refractivity contribution in [3.8, 4) is 0 Å². The molecular weight excluding hydrogens is 301 g/mol. The fourth-order valence-corrected chi connectivity index (χ4v) is 2.91. The minimum absolute atomic E-state index is 0.156. The lowest BCUT2D eigenvalue weighted by molar-refractivity contribution is 0.122. The Hall–Kier alpha value is -1.86. The van der Waals surface area contributed by atoms with Crippen LogP contribution in [0.25, 0.3) is 0 Å². The molecule has 1 aromatic rings. The Morgan fingerprint density at radius 3 is 2.83 bits per heavy atom. The minimum Gasteiger partial charge on any atom is -0.444 e. The van der Waals surface area contributed by atoms with Gasteiger partial charge in [-0.1, -0.05) is 0 Å². The number of anilines is 2. The van der Waals surface area contributed by atoms with Crippen molar-refractivity contribution in [2.75, 3.05) is 56.2 Å². The van der Waals surface area contributed by atoms with E-state index in [1.54, 1.807) is 12.1 Å². The maximum absolute atomic E-state index is 14.4. The Kier molecular flexibility index (Phi) is 4.97. The summed E-state index contributed by atoms with van der Waals surface area (Å²) in [7, 11) is 1.86. The van der Waals surface area contributed by atoms with Crippen molar-refractivity contribution in [3.05, 3.63) is 24.0 Å². The van der Waals surface area contributed by atoms with Crippen LogP contribution in [0.1, 0.15) is 6.42 Å². The lowest BCUT2D eigenvalue weighted by Crippen LogP contribution is -2.36. The van der Waals surface area contributed by atoms with Crippen molar-refractivity contribution in [1.82, 2.24) is 5.32 Å². The predicted octanol–water partition coefficient (Wildman–Crippen LogP) is 1.60. The summed E-state index contributed by atoms with van der Waals surface area (Å²) in [5, 5.41) is 3.03. The van der Waals surface area contributed by atoms with Crippen LogP contribution in [0.5, 0.6) is 0 Å². The summed E-state index contributed by atoms with van der Waals surface area (Å²) in [6.07, 6.45) is 0.175. The third kappa shape index (κ3) is 3.56. The van der Waals surface area contributed by atoms with Crippen LogP contribution in [0, 0.1) is 5.82 Å². The maximum atomic E-state index is 14.4. The molecule has 0 spiro atoms. The molecule has 2 saturated heterocycles. The molecule has 2 aliphatic rings. The molecule has 6 nitrogen and oxygen atoms in total. The smallest absolute Gasteiger partial charge is 0.414 e. The third-order valence-corrected chi connectivity index (χ3v) is 4.19. The van der Waals surface area contributed by atoms with Crippen molar-refractivity contribution < 1.29 is 18.7 Å². The number of halogens is 1. The number of hydrogen-bond donors (Lipinski definition) is 1. The van der Waals surface area contributed by atoms with Crippen molar-refractivity contribution >= 4 is 17.5 Å². The molecule has 1 N–H and O–H groups in total. The van der Waals surface area contributed by atoms with Gasteiger partial charge in [-0.15, -0.1) is 0 Å². The van der Waals surface area contributed by atoms with Crippen LogP contribution in [0.4, 0.5) is 20.6 Å². The molecule has 1 amide bonds. The Balaban J connectivity index is 1.71. The predicted molar refractivity (Wildman–Crippen MR) is 85.6 cm³/mol. The summed E-state index contributed by atoms with van der Waals surface area (Å²) in [6, 6.07) is 4.91. The molecular formula is C16H22FN3O3. The van der Waals surface area contributed by atoms with E-state index in [2.05, 4.69) is 5.32 Å². The summed E-state index contributed by atoms with van der Waals surface area (Å²) in [6.45, 7) is 3.79. The zero-order chi connectivity index (χ0) is 16.2. The largest absolute Gasteiger partial charge is 0.444 e. The highest BCUT2D eigenvalue weighted by Crippen LogP contribution is 2.28. The number of carbonyl (C=O) groups excluding carboxylic acids is 1. The number of ether oxygens (including phenoxy) is 2. The molecule has 126 valence electrons. The van der Waals surface area contributed by atoms with Gasteiger partial charge in [0.2, 0.25) is 0 Å². The molecule has 0 radical (unpaired) electrons. The number of cyclic esters (lactones) is 1. The van der Waals surface area contributed by atoms with Gasteiger partial charge < -0.3 is 19.7 Å². The van der Waals surface area contributed by atoms with Crippen LogP contribution in [0.3, 0.4) is 0 Å². The van der Waals surface area contributed by atoms with Gasteiger partial charge in [0.05, 0.1) is 31.1 Å². The summed E-state index contributed by atoms with van der Waals surface area (Å²) in [5.74, 6) is -0.323. The summed E-state index contributed by atoms with van der Waals surface area (Å²) in [5.41, 5.74) is 1.09. The number of morpholine rings is 1. The highest BCUT2D eigenvalue weighted by atomic mass is 19.1. The molecule has 7 heteroatoms. The molecule has 2 aliphatic heterocycles. The summed E-state index contributed by atoms with van der Waals surface area (Å²) >= 11 is 0. The summed E-state index contributed by atoms with van der Waals surface area (Å²) < 4.78 is 25.0. The van der Waals surface area contributed by atoms with Gasteiger partial charge in [0.25, 0.3) is 0 Å². The quantitative estimate of drug-likeness (QED) is 0.892. The molecule has 0 unspecified atom stereocenters. The number of carbonyl (C=O) groups is 1. The van der Waals surface area contributed by atoms with Crippen molar-refractivity contribution in [3.63, 3.8) is 0 Å². The normalized spacial score (nSPS) is 21.7. The van der Waals surface area contributed by atoms with E-state index in [-0.39, 0.29) is 11.9 Å². The molecule has 3 rings (SSSR count). The van der Waals surface area contributed by atoms with Gasteiger partial charge in [-0.2, -0.15) is 0 Å². The second-order valence-electron chi connectivity index (χ2n) is 5.74. The SMILES string of the molecule is CNCC[C@H]1CN(c2ccc(N3CCOCC3)c(F)c2)C(=O)O1. The van der Waals surface area contributed by atoms with E-state index in [0.717, 1.165) is 13.0 Å². The second-order valence-corrected chi connectivity index (χ2v) is 5.74. The monoisotopic (exact) mass is 323 g/mol. The molecule has 23 heavy (non-hydrogen) atoms. The van der Waals surface area contributed by atoms with E-state index in [1.807, 2.05) is 11.9 Å². The van der Waals surface area contributed by atoms with Crippen LogP contribution in [0.15, 0.2) is 18.2 Å². The van der Waals surface area contributed by atoms with Gasteiger partial charge in [0.15, 0.2) is 0 Å². The first-order valence-corrected chi connectivity index (χ1v) is 7.94. The van der Waals surface area contributed by atoms with Crippen LogP contribution < -0.4 is 15.1 Å². The van der Waals surface area contributed by atoms with Crippen molar-refractivity contribution in [1.29, 1.82) is 0 Å². The first-order chi connectivity index (χ1) is 11.2. The fourth-order valence-electron chi connectivity index (χ4n) is 2.91. The van der Waals surface area contributed by atoms with Crippen molar-refractivity contribution in [2.24, 2.45) is 0 Å². The Morgan fingerprint density at radius 1 is 1.35 bits per heavy atom. The second kappa shape index (κ2) is 7.14. The zero-order valence-electron chi connectivity index (χ0n) is 13.3. The third-order valence-electron chi connectivity index (χ3n) is 4.19. The molecule has 2 heterocycles. The van der Waals surface area contributed by atoms with E-state index < -0.39 is 6.09 Å². The van der Waals surface area contributed by atoms with Crippen LogP contribution in [-0.4, -0.2) is 58.6 Å². The fraction of sp³-hybridized carbons (Fsp3) is 0.562. The number of benzene rings is 1. The van der Waals surface area contributed by atoms with Gasteiger partial charge >= 0.3 is 6.09 Å². The minimum atomic E-state index is -0.412. The lowest BCUT2D eigenvalue weighted by atomic mass is 10.2. The molecule has 0 aromatic heterocycles. The number of rotatable bonds is 5. The number of nitrogens with zero attached hydrogens (tertiary/aromatic N) is 2.